The Kier molecular flexibility index (Phi) is 5.60. The molecular formula is C51H34N2. The molecular weight excluding hydrogens is 641 g/mol. The van der Waals surface area contributed by atoms with Gasteiger partial charge in [0.2, 0.25) is 0 Å². The number of anilines is 3. The van der Waals surface area contributed by atoms with E-state index in [9.17, 15) is 0 Å². The van der Waals surface area contributed by atoms with Gasteiger partial charge in [-0.15, -0.1) is 0 Å². The van der Waals surface area contributed by atoms with Gasteiger partial charge in [0, 0.05) is 33.0 Å². The Bertz CT molecular complexity index is 2880. The summed E-state index contributed by atoms with van der Waals surface area (Å²) in [6.45, 7) is 2.45. The molecule has 13 rings (SSSR count). The molecule has 1 spiro atoms. The molecule has 2 bridgehead atoms. The van der Waals surface area contributed by atoms with Crippen LogP contribution >= 0.6 is 0 Å². The summed E-state index contributed by atoms with van der Waals surface area (Å²) in [5.41, 5.74) is 18.5. The van der Waals surface area contributed by atoms with Crippen molar-refractivity contribution < 1.29 is 0 Å². The Labute approximate surface area is 308 Å². The molecule has 9 aromatic rings. The first-order chi connectivity index (χ1) is 26.2. The van der Waals surface area contributed by atoms with E-state index in [4.69, 9.17) is 0 Å². The number of benzene rings is 8. The third-order valence-electron chi connectivity index (χ3n) is 12.6. The predicted molar refractivity (Wildman–Crippen MR) is 218 cm³/mol. The van der Waals surface area contributed by atoms with E-state index in [0.29, 0.717) is 0 Å². The maximum absolute atomic E-state index is 2.58. The van der Waals surface area contributed by atoms with Crippen molar-refractivity contribution >= 4 is 38.9 Å². The normalized spacial score (nSPS) is 18.8. The summed E-state index contributed by atoms with van der Waals surface area (Å²) in [5.74, 6) is 0. The van der Waals surface area contributed by atoms with Gasteiger partial charge in [0.05, 0.1) is 33.5 Å². The minimum atomic E-state index is -0.482. The zero-order chi connectivity index (χ0) is 34.9. The third kappa shape index (κ3) is 3.44. The Morgan fingerprint density at radius 3 is 1.64 bits per heavy atom. The molecule has 0 saturated heterocycles. The largest absolute Gasteiger partial charge is 0.309 e. The molecule has 2 heterocycles. The molecule has 53 heavy (non-hydrogen) atoms. The Hall–Kier alpha value is -6.64. The maximum Gasteiger partial charge on any atom is 0.0751 e. The highest BCUT2D eigenvalue weighted by Gasteiger charge is 2.61. The third-order valence-corrected chi connectivity index (χ3v) is 12.6. The summed E-state index contributed by atoms with van der Waals surface area (Å²) in [6.07, 6.45) is 0. The molecule has 1 aliphatic heterocycles. The van der Waals surface area contributed by atoms with Crippen molar-refractivity contribution in [3.05, 3.63) is 227 Å². The second-order valence-electron chi connectivity index (χ2n) is 15.0. The lowest BCUT2D eigenvalue weighted by Gasteiger charge is -2.59. The molecule has 1 aromatic heterocycles. The van der Waals surface area contributed by atoms with E-state index in [0.717, 1.165) is 5.69 Å². The van der Waals surface area contributed by atoms with Crippen molar-refractivity contribution in [3.8, 4) is 16.8 Å². The molecule has 4 aliphatic rings. The van der Waals surface area contributed by atoms with Crippen LogP contribution in [-0.2, 0) is 10.8 Å². The van der Waals surface area contributed by atoms with E-state index >= 15 is 0 Å². The van der Waals surface area contributed by atoms with Gasteiger partial charge in [0.1, 0.15) is 0 Å². The molecule has 0 unspecified atom stereocenters. The van der Waals surface area contributed by atoms with E-state index in [1.54, 1.807) is 0 Å². The van der Waals surface area contributed by atoms with E-state index in [1.165, 1.54) is 88.9 Å². The highest BCUT2D eigenvalue weighted by molar-refractivity contribution is 6.09. The van der Waals surface area contributed by atoms with Gasteiger partial charge in [0.25, 0.3) is 0 Å². The number of nitrogens with zero attached hydrogens (tertiary/aromatic N) is 2. The fraction of sp³-hybridized carbons (Fsp3) is 0.0588. The Morgan fingerprint density at radius 1 is 0.396 bits per heavy atom. The van der Waals surface area contributed by atoms with Gasteiger partial charge < -0.3 is 9.47 Å². The summed E-state index contributed by atoms with van der Waals surface area (Å²) < 4.78 is 2.45. The first-order valence-corrected chi connectivity index (χ1v) is 18.6. The second kappa shape index (κ2) is 10.2. The van der Waals surface area contributed by atoms with Crippen molar-refractivity contribution in [2.75, 3.05) is 4.90 Å². The first kappa shape index (κ1) is 29.0. The summed E-state index contributed by atoms with van der Waals surface area (Å²) in [4.78, 5) is 2.58. The van der Waals surface area contributed by atoms with Crippen LogP contribution in [0.15, 0.2) is 188 Å². The highest BCUT2D eigenvalue weighted by atomic mass is 15.2. The number of hydrogen-bond donors (Lipinski definition) is 0. The molecule has 0 fully saturated rings. The molecule has 0 amide bonds. The van der Waals surface area contributed by atoms with Gasteiger partial charge >= 0.3 is 0 Å². The van der Waals surface area contributed by atoms with Crippen molar-refractivity contribution in [3.63, 3.8) is 0 Å². The summed E-state index contributed by atoms with van der Waals surface area (Å²) in [6, 6.07) is 70.3. The Morgan fingerprint density at radius 2 is 0.943 bits per heavy atom. The van der Waals surface area contributed by atoms with Gasteiger partial charge in [0.15, 0.2) is 0 Å². The predicted octanol–water partition coefficient (Wildman–Crippen LogP) is 12.6. The first-order valence-electron chi connectivity index (χ1n) is 18.6. The lowest BCUT2D eigenvalue weighted by molar-refractivity contribution is 0.529. The maximum atomic E-state index is 2.58. The van der Waals surface area contributed by atoms with E-state index in [1.807, 2.05) is 0 Å². The molecule has 3 aliphatic carbocycles. The second-order valence-corrected chi connectivity index (χ2v) is 15.0. The molecule has 2 nitrogen and oxygen atoms in total. The number of hydrogen-bond acceptors (Lipinski definition) is 1. The standard InChI is InChI=1S/C51H34N2/c1-50-38-21-8-10-23-40(38)51(41-24-11-9-22-39(41)50)42-31-30-34(52-45-27-13-6-19-36(45)37-20-7-14-28-46(37)52)32-48(42)53(47-29-15-25-43(50)49(47)51)44-26-12-5-18-35(44)33-16-3-2-4-17-33/h2-32H,1H3. The fourth-order valence-corrected chi connectivity index (χ4v) is 10.6. The molecule has 0 atom stereocenters. The minimum absolute atomic E-state index is 0.286. The van der Waals surface area contributed by atoms with Crippen molar-refractivity contribution in [1.82, 2.24) is 4.57 Å². The van der Waals surface area contributed by atoms with Gasteiger partial charge in [-0.05, 0) is 82.3 Å². The van der Waals surface area contributed by atoms with Gasteiger partial charge in [-0.25, -0.2) is 0 Å². The molecule has 0 N–H and O–H groups in total. The smallest absolute Gasteiger partial charge is 0.0751 e. The summed E-state index contributed by atoms with van der Waals surface area (Å²) >= 11 is 0. The zero-order valence-corrected chi connectivity index (χ0v) is 29.3. The number of aromatic nitrogens is 1. The van der Waals surface area contributed by atoms with Crippen LogP contribution in [0.25, 0.3) is 38.6 Å². The summed E-state index contributed by atoms with van der Waals surface area (Å²) in [7, 11) is 0. The molecule has 248 valence electrons. The number of para-hydroxylation sites is 3. The SMILES string of the molecule is CC12c3ccccc3C3(c4ccc(-n5c6ccccc6c6ccccc65)cc4N(c4ccccc4-c4ccccc4)c4cccc1c43)c1ccccc12. The van der Waals surface area contributed by atoms with E-state index < -0.39 is 5.41 Å². The van der Waals surface area contributed by atoms with Crippen LogP contribution in [-0.4, -0.2) is 4.57 Å². The van der Waals surface area contributed by atoms with Gasteiger partial charge in [-0.2, -0.15) is 0 Å². The molecule has 2 heteroatoms. The van der Waals surface area contributed by atoms with Crippen LogP contribution in [0.1, 0.15) is 45.9 Å². The van der Waals surface area contributed by atoms with Crippen LogP contribution in [0, 0.1) is 0 Å². The van der Waals surface area contributed by atoms with Crippen molar-refractivity contribution in [2.24, 2.45) is 0 Å². The number of fused-ring (bicyclic) bond motifs is 4. The van der Waals surface area contributed by atoms with E-state index in [2.05, 4.69) is 204 Å². The van der Waals surface area contributed by atoms with Crippen LogP contribution in [0.5, 0.6) is 0 Å². The van der Waals surface area contributed by atoms with Crippen LogP contribution in [0.2, 0.25) is 0 Å². The number of rotatable bonds is 3. The van der Waals surface area contributed by atoms with Crippen LogP contribution in [0.4, 0.5) is 17.1 Å². The lowest BCUT2D eigenvalue weighted by atomic mass is 9.45. The molecule has 8 aromatic carbocycles. The van der Waals surface area contributed by atoms with Crippen LogP contribution in [0.3, 0.4) is 0 Å². The lowest BCUT2D eigenvalue weighted by Crippen LogP contribution is -2.52. The van der Waals surface area contributed by atoms with E-state index in [-0.39, 0.29) is 5.41 Å². The van der Waals surface area contributed by atoms with Gasteiger partial charge in [-0.3, -0.25) is 0 Å². The zero-order valence-electron chi connectivity index (χ0n) is 29.3. The highest BCUT2D eigenvalue weighted by Crippen LogP contribution is 2.69. The average molecular weight is 675 g/mol. The quantitative estimate of drug-likeness (QED) is 0.181. The van der Waals surface area contributed by atoms with Crippen molar-refractivity contribution in [1.29, 1.82) is 0 Å². The van der Waals surface area contributed by atoms with Crippen molar-refractivity contribution in [2.45, 2.75) is 17.8 Å². The minimum Gasteiger partial charge on any atom is -0.309 e. The average Bonchev–Trinajstić information content (AvgIpc) is 3.57. The Balaban J connectivity index is 1.25. The fourth-order valence-electron chi connectivity index (χ4n) is 10.6. The molecule has 0 saturated carbocycles. The van der Waals surface area contributed by atoms with Gasteiger partial charge in [-0.1, -0.05) is 152 Å². The summed E-state index contributed by atoms with van der Waals surface area (Å²) in [5, 5.41) is 2.53. The monoisotopic (exact) mass is 674 g/mol. The topological polar surface area (TPSA) is 8.17 Å². The molecule has 0 radical (unpaired) electrons. The van der Waals surface area contributed by atoms with Crippen LogP contribution < -0.4 is 4.90 Å².